The second kappa shape index (κ2) is 12.3. The predicted octanol–water partition coefficient (Wildman–Crippen LogP) is 3.84. The molecule has 0 aliphatic carbocycles. The molecule has 1 heterocycles. The molecule has 7 heteroatoms. The van der Waals surface area contributed by atoms with Crippen LogP contribution in [0.1, 0.15) is 37.0 Å². The van der Waals surface area contributed by atoms with Crippen molar-refractivity contribution in [2.45, 2.75) is 38.8 Å². The Labute approximate surface area is 184 Å². The number of piperidine rings is 1. The molecule has 0 spiro atoms. The summed E-state index contributed by atoms with van der Waals surface area (Å²) in [5.74, 6) is 1.88. The molecule has 2 N–H and O–H groups in total. The van der Waals surface area contributed by atoms with Gasteiger partial charge in [-0.05, 0) is 63.6 Å². The van der Waals surface area contributed by atoms with E-state index in [4.69, 9.17) is 14.2 Å². The van der Waals surface area contributed by atoms with Crippen LogP contribution in [0.3, 0.4) is 0 Å². The van der Waals surface area contributed by atoms with Gasteiger partial charge in [0.2, 0.25) is 0 Å². The Morgan fingerprint density at radius 2 is 1.83 bits per heavy atom. The predicted molar refractivity (Wildman–Crippen MR) is 120 cm³/mol. The first-order valence-corrected chi connectivity index (χ1v) is 10.3. The largest absolute Gasteiger partial charge is 0.490 e. The summed E-state index contributed by atoms with van der Waals surface area (Å²) >= 11 is 0. The van der Waals surface area contributed by atoms with E-state index in [0.29, 0.717) is 36.9 Å². The van der Waals surface area contributed by atoms with E-state index >= 15 is 0 Å². The number of rotatable bonds is 9. The average Bonchev–Trinajstić information content (AvgIpc) is 2.74. The van der Waals surface area contributed by atoms with Gasteiger partial charge in [0.15, 0.2) is 11.5 Å². The van der Waals surface area contributed by atoms with Crippen molar-refractivity contribution in [3.05, 3.63) is 54.1 Å². The molecule has 1 aliphatic rings. The molecule has 1 aliphatic heterocycles. The fourth-order valence-electron chi connectivity index (χ4n) is 3.36. The number of hydrogen-bond donors (Lipinski definition) is 2. The highest BCUT2D eigenvalue weighted by atomic mass is 35.5. The molecule has 2 unspecified atom stereocenters. The highest BCUT2D eigenvalue weighted by molar-refractivity contribution is 5.95. The smallest absolute Gasteiger partial charge is 0.251 e. The first kappa shape index (κ1) is 23.8. The van der Waals surface area contributed by atoms with Crippen LogP contribution >= 0.6 is 12.4 Å². The molecule has 1 fully saturated rings. The van der Waals surface area contributed by atoms with Gasteiger partial charge < -0.3 is 24.8 Å². The number of hydrogen-bond acceptors (Lipinski definition) is 5. The fraction of sp³-hybridized carbons (Fsp3) is 0.435. The molecule has 2 aromatic rings. The van der Waals surface area contributed by atoms with Gasteiger partial charge in [0, 0.05) is 17.6 Å². The molecule has 0 aromatic heterocycles. The van der Waals surface area contributed by atoms with E-state index in [1.165, 1.54) is 0 Å². The third-order valence-corrected chi connectivity index (χ3v) is 4.94. The summed E-state index contributed by atoms with van der Waals surface area (Å²) in [6, 6.07) is 15.3. The number of ether oxygens (including phenoxy) is 3. The molecular formula is C23H31ClN2O4. The van der Waals surface area contributed by atoms with Gasteiger partial charge >= 0.3 is 0 Å². The lowest BCUT2D eigenvalue weighted by Gasteiger charge is -2.30. The van der Waals surface area contributed by atoms with Crippen LogP contribution in [0.5, 0.6) is 17.2 Å². The van der Waals surface area contributed by atoms with Gasteiger partial charge in [0.1, 0.15) is 19.0 Å². The molecule has 30 heavy (non-hydrogen) atoms. The third kappa shape index (κ3) is 6.82. The maximum Gasteiger partial charge on any atom is 0.251 e. The minimum absolute atomic E-state index is 0. The number of carbonyl (C=O) groups excluding carboxylic acids is 1. The van der Waals surface area contributed by atoms with Crippen LogP contribution in [-0.2, 0) is 0 Å². The summed E-state index contributed by atoms with van der Waals surface area (Å²) in [5, 5.41) is 6.53. The highest BCUT2D eigenvalue weighted by Gasteiger charge is 2.23. The van der Waals surface area contributed by atoms with Gasteiger partial charge in [-0.2, -0.15) is 0 Å². The standard InChI is InChI=1S/C23H30N2O4.ClH/c1-3-27-22-16-18(23(26)25-20-10-7-13-24-17(20)2)11-12-21(22)29-15-14-28-19-8-5-4-6-9-19;/h4-6,8-9,11-12,16-17,20,24H,3,7,10,13-15H2,1-2H3,(H,25,26);1H. The Hall–Kier alpha value is -2.44. The lowest BCUT2D eigenvalue weighted by Crippen LogP contribution is -2.51. The number of halogens is 1. The monoisotopic (exact) mass is 434 g/mol. The quantitative estimate of drug-likeness (QED) is 0.587. The molecule has 1 saturated heterocycles. The maximum absolute atomic E-state index is 12.7. The molecule has 0 radical (unpaired) electrons. The van der Waals surface area contributed by atoms with E-state index < -0.39 is 0 Å². The van der Waals surface area contributed by atoms with E-state index in [0.717, 1.165) is 25.1 Å². The normalized spacial score (nSPS) is 18.1. The second-order valence-corrected chi connectivity index (χ2v) is 7.07. The summed E-state index contributed by atoms with van der Waals surface area (Å²) in [7, 11) is 0. The molecule has 164 valence electrons. The van der Waals surface area contributed by atoms with Crippen molar-refractivity contribution in [2.75, 3.05) is 26.4 Å². The Balaban J connectivity index is 0.00000320. The van der Waals surface area contributed by atoms with Crippen molar-refractivity contribution in [2.24, 2.45) is 0 Å². The SMILES string of the molecule is CCOc1cc(C(=O)NC2CCCNC2C)ccc1OCCOc1ccccc1.Cl. The van der Waals surface area contributed by atoms with Crippen molar-refractivity contribution in [3.8, 4) is 17.2 Å². The van der Waals surface area contributed by atoms with Crippen LogP contribution in [0.15, 0.2) is 48.5 Å². The molecule has 6 nitrogen and oxygen atoms in total. The van der Waals surface area contributed by atoms with Crippen LogP contribution < -0.4 is 24.8 Å². The number of benzene rings is 2. The van der Waals surface area contributed by atoms with Gasteiger partial charge in [-0.15, -0.1) is 12.4 Å². The van der Waals surface area contributed by atoms with Crippen LogP contribution in [-0.4, -0.2) is 44.4 Å². The topological polar surface area (TPSA) is 68.8 Å². The van der Waals surface area contributed by atoms with Gasteiger partial charge in [-0.1, -0.05) is 18.2 Å². The average molecular weight is 435 g/mol. The summed E-state index contributed by atoms with van der Waals surface area (Å²) in [6.07, 6.45) is 2.05. The molecule has 2 atom stereocenters. The Morgan fingerprint density at radius 1 is 1.07 bits per heavy atom. The van der Waals surface area contributed by atoms with E-state index in [1.807, 2.05) is 37.3 Å². The van der Waals surface area contributed by atoms with E-state index in [9.17, 15) is 4.79 Å². The zero-order chi connectivity index (χ0) is 20.5. The highest BCUT2D eigenvalue weighted by Crippen LogP contribution is 2.28. The van der Waals surface area contributed by atoms with Gasteiger partial charge in [-0.3, -0.25) is 4.79 Å². The zero-order valence-electron chi connectivity index (χ0n) is 17.6. The number of amides is 1. The van der Waals surface area contributed by atoms with E-state index in [1.54, 1.807) is 18.2 Å². The minimum Gasteiger partial charge on any atom is -0.490 e. The molecule has 0 bridgehead atoms. The summed E-state index contributed by atoms with van der Waals surface area (Å²) in [6.45, 7) is 6.30. The van der Waals surface area contributed by atoms with Gasteiger partial charge in [-0.25, -0.2) is 0 Å². The van der Waals surface area contributed by atoms with Gasteiger partial charge in [0.05, 0.1) is 6.61 Å². The lowest BCUT2D eigenvalue weighted by molar-refractivity contribution is 0.0919. The molecule has 1 amide bonds. The van der Waals surface area contributed by atoms with Crippen molar-refractivity contribution >= 4 is 18.3 Å². The maximum atomic E-state index is 12.7. The second-order valence-electron chi connectivity index (χ2n) is 7.07. The molecule has 2 aromatic carbocycles. The van der Waals surface area contributed by atoms with Crippen molar-refractivity contribution < 1.29 is 19.0 Å². The fourth-order valence-corrected chi connectivity index (χ4v) is 3.36. The number of carbonyl (C=O) groups is 1. The molecular weight excluding hydrogens is 404 g/mol. The number of nitrogens with one attached hydrogen (secondary N) is 2. The molecule has 0 saturated carbocycles. The number of para-hydroxylation sites is 1. The lowest BCUT2D eigenvalue weighted by atomic mass is 9.99. The minimum atomic E-state index is -0.0922. The van der Waals surface area contributed by atoms with Crippen LogP contribution in [0.25, 0.3) is 0 Å². The molecule has 3 rings (SSSR count). The Bertz CT molecular complexity index is 788. The Kier molecular flexibility index (Phi) is 9.77. The third-order valence-electron chi connectivity index (χ3n) is 4.94. The van der Waals surface area contributed by atoms with Crippen LogP contribution in [0.2, 0.25) is 0 Å². The Morgan fingerprint density at radius 3 is 2.57 bits per heavy atom. The van der Waals surface area contributed by atoms with Gasteiger partial charge in [0.25, 0.3) is 5.91 Å². The van der Waals surface area contributed by atoms with Crippen LogP contribution in [0.4, 0.5) is 0 Å². The van der Waals surface area contributed by atoms with Crippen molar-refractivity contribution in [3.63, 3.8) is 0 Å². The van der Waals surface area contributed by atoms with Crippen LogP contribution in [0, 0.1) is 0 Å². The van der Waals surface area contributed by atoms with E-state index in [2.05, 4.69) is 17.6 Å². The summed E-state index contributed by atoms with van der Waals surface area (Å²) in [4.78, 5) is 12.7. The first-order valence-electron chi connectivity index (χ1n) is 10.3. The zero-order valence-corrected chi connectivity index (χ0v) is 18.4. The van der Waals surface area contributed by atoms with Crippen molar-refractivity contribution in [1.29, 1.82) is 0 Å². The van der Waals surface area contributed by atoms with E-state index in [-0.39, 0.29) is 30.4 Å². The summed E-state index contributed by atoms with van der Waals surface area (Å²) in [5.41, 5.74) is 0.569. The first-order chi connectivity index (χ1) is 14.2. The van der Waals surface area contributed by atoms with Crippen molar-refractivity contribution in [1.82, 2.24) is 10.6 Å². The summed E-state index contributed by atoms with van der Waals surface area (Å²) < 4.78 is 17.2.